The van der Waals surface area contributed by atoms with Crippen LogP contribution in [0.1, 0.15) is 39.5 Å². The monoisotopic (exact) mass is 314 g/mol. The summed E-state index contributed by atoms with van der Waals surface area (Å²) < 4.78 is 7.52. The number of methoxy groups -OCH3 is 1. The van der Waals surface area contributed by atoms with Crippen LogP contribution in [0, 0.1) is 5.92 Å². The van der Waals surface area contributed by atoms with E-state index in [1.54, 1.807) is 0 Å². The van der Waals surface area contributed by atoms with E-state index in [0.717, 1.165) is 19.8 Å². The number of ether oxygens (including phenoxy) is 1. The standard InChI is InChI=1S/C16H34N2O2Si/c1-6-7-8-9-12-21(4,5)18-11-10-17(14-18)13-15(2)16(19)20-3/h15H,6-14H2,1-5H3. The summed E-state index contributed by atoms with van der Waals surface area (Å²) in [5, 5.41) is 0. The van der Waals surface area contributed by atoms with E-state index in [4.69, 9.17) is 4.74 Å². The molecule has 0 aromatic rings. The first-order valence-corrected chi connectivity index (χ1v) is 11.6. The summed E-state index contributed by atoms with van der Waals surface area (Å²) in [6, 6.07) is 1.40. The average Bonchev–Trinajstić information content (AvgIpc) is 2.92. The van der Waals surface area contributed by atoms with Gasteiger partial charge in [-0.3, -0.25) is 9.69 Å². The van der Waals surface area contributed by atoms with Gasteiger partial charge in [0, 0.05) is 26.3 Å². The summed E-state index contributed by atoms with van der Waals surface area (Å²) in [5.74, 6) is -0.117. The molecule has 0 amide bonds. The molecule has 1 unspecified atom stereocenters. The van der Waals surface area contributed by atoms with Crippen molar-refractivity contribution in [3.05, 3.63) is 0 Å². The smallest absolute Gasteiger partial charge is 0.309 e. The summed E-state index contributed by atoms with van der Waals surface area (Å²) in [6.45, 7) is 13.3. The van der Waals surface area contributed by atoms with Crippen molar-refractivity contribution >= 4 is 14.2 Å². The van der Waals surface area contributed by atoms with E-state index < -0.39 is 8.24 Å². The molecule has 1 aliphatic rings. The minimum absolute atomic E-state index is 0.0238. The van der Waals surface area contributed by atoms with Gasteiger partial charge >= 0.3 is 5.97 Å². The molecule has 1 aliphatic heterocycles. The highest BCUT2D eigenvalue weighted by Crippen LogP contribution is 2.23. The second-order valence-corrected chi connectivity index (χ2v) is 11.8. The fourth-order valence-corrected chi connectivity index (χ4v) is 5.81. The lowest BCUT2D eigenvalue weighted by molar-refractivity contribution is -0.145. The number of carbonyl (C=O) groups excluding carboxylic acids is 1. The third-order valence-electron chi connectivity index (χ3n) is 4.69. The Balaban J connectivity index is 2.36. The van der Waals surface area contributed by atoms with Crippen LogP contribution in [0.15, 0.2) is 0 Å². The highest BCUT2D eigenvalue weighted by Gasteiger charge is 2.34. The molecule has 1 saturated heterocycles. The summed E-state index contributed by atoms with van der Waals surface area (Å²) in [7, 11) is 0.201. The highest BCUT2D eigenvalue weighted by atomic mass is 28.3. The van der Waals surface area contributed by atoms with Crippen molar-refractivity contribution in [1.29, 1.82) is 0 Å². The average molecular weight is 315 g/mol. The molecule has 0 aromatic heterocycles. The summed E-state index contributed by atoms with van der Waals surface area (Å²) in [5.41, 5.74) is 0. The van der Waals surface area contributed by atoms with Crippen LogP contribution in [0.3, 0.4) is 0 Å². The number of unbranched alkanes of at least 4 members (excludes halogenated alkanes) is 3. The zero-order valence-electron chi connectivity index (χ0n) is 14.7. The lowest BCUT2D eigenvalue weighted by Gasteiger charge is -2.34. The molecule has 0 aliphatic carbocycles. The van der Waals surface area contributed by atoms with Crippen molar-refractivity contribution in [2.75, 3.05) is 33.4 Å². The normalized spacial score (nSPS) is 18.9. The van der Waals surface area contributed by atoms with Gasteiger partial charge in [-0.05, 0) is 6.04 Å². The van der Waals surface area contributed by atoms with Gasteiger partial charge < -0.3 is 9.30 Å². The van der Waals surface area contributed by atoms with Crippen LogP contribution in [0.4, 0.5) is 0 Å². The maximum atomic E-state index is 11.5. The molecule has 4 nitrogen and oxygen atoms in total. The van der Waals surface area contributed by atoms with E-state index in [-0.39, 0.29) is 11.9 Å². The fourth-order valence-electron chi connectivity index (χ4n) is 3.09. The highest BCUT2D eigenvalue weighted by molar-refractivity contribution is 6.74. The molecular weight excluding hydrogens is 280 g/mol. The minimum atomic E-state index is -1.27. The molecule has 0 N–H and O–H groups in total. The Morgan fingerprint density at radius 2 is 1.95 bits per heavy atom. The molecule has 1 fully saturated rings. The molecule has 0 saturated carbocycles. The topological polar surface area (TPSA) is 32.8 Å². The van der Waals surface area contributed by atoms with Gasteiger partial charge in [-0.1, -0.05) is 52.6 Å². The predicted molar refractivity (Wildman–Crippen MR) is 90.8 cm³/mol. The third-order valence-corrected chi connectivity index (χ3v) is 8.34. The van der Waals surface area contributed by atoms with E-state index in [9.17, 15) is 4.79 Å². The van der Waals surface area contributed by atoms with Gasteiger partial charge in [0.25, 0.3) is 0 Å². The Morgan fingerprint density at radius 1 is 1.24 bits per heavy atom. The first kappa shape index (κ1) is 18.7. The molecule has 1 rings (SSSR count). The predicted octanol–water partition coefficient (Wildman–Crippen LogP) is 3.16. The van der Waals surface area contributed by atoms with Crippen molar-refractivity contribution in [1.82, 2.24) is 9.47 Å². The molecule has 21 heavy (non-hydrogen) atoms. The van der Waals surface area contributed by atoms with E-state index in [1.165, 1.54) is 45.4 Å². The van der Waals surface area contributed by atoms with Gasteiger partial charge in [0.2, 0.25) is 0 Å². The number of hydrogen-bond donors (Lipinski definition) is 0. The maximum absolute atomic E-state index is 11.5. The van der Waals surface area contributed by atoms with Crippen molar-refractivity contribution in [3.8, 4) is 0 Å². The molecule has 0 spiro atoms. The first-order chi connectivity index (χ1) is 9.90. The summed E-state index contributed by atoms with van der Waals surface area (Å²) in [6.07, 6.45) is 5.43. The van der Waals surface area contributed by atoms with Gasteiger partial charge in [0.15, 0.2) is 0 Å². The summed E-state index contributed by atoms with van der Waals surface area (Å²) in [4.78, 5) is 13.9. The fraction of sp³-hybridized carbons (Fsp3) is 0.938. The van der Waals surface area contributed by atoms with Gasteiger partial charge in [0.05, 0.1) is 13.0 Å². The van der Waals surface area contributed by atoms with Gasteiger partial charge in [-0.25, -0.2) is 0 Å². The molecule has 0 radical (unpaired) electrons. The number of esters is 1. The van der Waals surface area contributed by atoms with Crippen LogP contribution in [-0.4, -0.2) is 57.1 Å². The van der Waals surface area contributed by atoms with Crippen LogP contribution in [0.2, 0.25) is 19.1 Å². The zero-order valence-corrected chi connectivity index (χ0v) is 15.7. The molecule has 1 heterocycles. The number of nitrogens with zero attached hydrogens (tertiary/aromatic N) is 2. The van der Waals surface area contributed by atoms with Crippen LogP contribution in [-0.2, 0) is 9.53 Å². The van der Waals surface area contributed by atoms with Gasteiger partial charge in [0.1, 0.15) is 8.24 Å². The molecule has 5 heteroatoms. The van der Waals surface area contributed by atoms with Gasteiger partial charge in [-0.15, -0.1) is 0 Å². The second-order valence-electron chi connectivity index (χ2n) is 7.03. The van der Waals surface area contributed by atoms with Crippen LogP contribution in [0.25, 0.3) is 0 Å². The molecule has 0 bridgehead atoms. The Labute approximate surface area is 131 Å². The lowest BCUT2D eigenvalue weighted by Crippen LogP contribution is -2.48. The van der Waals surface area contributed by atoms with Crippen molar-refractivity contribution in [2.24, 2.45) is 5.92 Å². The largest absolute Gasteiger partial charge is 0.469 e. The Bertz CT molecular complexity index is 323. The van der Waals surface area contributed by atoms with Crippen LogP contribution >= 0.6 is 0 Å². The first-order valence-electron chi connectivity index (χ1n) is 8.46. The molecular formula is C16H34N2O2Si. The molecule has 124 valence electrons. The van der Waals surface area contributed by atoms with E-state index in [2.05, 4.69) is 29.5 Å². The van der Waals surface area contributed by atoms with E-state index in [1.807, 2.05) is 6.92 Å². The lowest BCUT2D eigenvalue weighted by atomic mass is 10.2. The Hall–Kier alpha value is -0.393. The third kappa shape index (κ3) is 6.08. The Morgan fingerprint density at radius 3 is 2.57 bits per heavy atom. The second kappa shape index (κ2) is 8.91. The quantitative estimate of drug-likeness (QED) is 0.372. The number of carbonyl (C=O) groups is 1. The summed E-state index contributed by atoms with van der Waals surface area (Å²) >= 11 is 0. The van der Waals surface area contributed by atoms with Crippen molar-refractivity contribution < 1.29 is 9.53 Å². The SMILES string of the molecule is CCCCCC[Si](C)(C)N1CCN(CC(C)C(=O)OC)C1. The number of rotatable bonds is 9. The number of hydrogen-bond acceptors (Lipinski definition) is 4. The van der Waals surface area contributed by atoms with Crippen LogP contribution < -0.4 is 0 Å². The van der Waals surface area contributed by atoms with Crippen LogP contribution in [0.5, 0.6) is 0 Å². The van der Waals surface area contributed by atoms with Crippen molar-refractivity contribution in [2.45, 2.75) is 58.7 Å². The minimum Gasteiger partial charge on any atom is -0.469 e. The van der Waals surface area contributed by atoms with E-state index in [0.29, 0.717) is 0 Å². The Kier molecular flexibility index (Phi) is 7.91. The van der Waals surface area contributed by atoms with Gasteiger partial charge in [-0.2, -0.15) is 0 Å². The van der Waals surface area contributed by atoms with Crippen molar-refractivity contribution in [3.63, 3.8) is 0 Å². The maximum Gasteiger partial charge on any atom is 0.309 e. The molecule has 1 atom stereocenters. The molecule has 0 aromatic carbocycles. The van der Waals surface area contributed by atoms with E-state index >= 15 is 0 Å². The zero-order chi connectivity index (χ0) is 15.9.